The average molecular weight is 540 g/mol. The Morgan fingerprint density at radius 1 is 1.02 bits per heavy atom. The van der Waals surface area contributed by atoms with Gasteiger partial charge in [-0.15, -0.1) is 0 Å². The van der Waals surface area contributed by atoms with Gasteiger partial charge in [-0.2, -0.15) is 10.2 Å². The molecular weight excluding hydrogens is 502 g/mol. The van der Waals surface area contributed by atoms with Crippen molar-refractivity contribution in [2.45, 2.75) is 52.4 Å². The Hall–Kier alpha value is -4.40. The van der Waals surface area contributed by atoms with Crippen molar-refractivity contribution in [2.24, 2.45) is 5.92 Å². The maximum absolute atomic E-state index is 13.2. The lowest BCUT2D eigenvalue weighted by Gasteiger charge is -2.32. The molecule has 208 valence electrons. The highest BCUT2D eigenvalue weighted by atomic mass is 16.2. The van der Waals surface area contributed by atoms with Crippen LogP contribution in [-0.4, -0.2) is 49.9 Å². The van der Waals surface area contributed by atoms with Gasteiger partial charge in [0, 0.05) is 36.5 Å². The van der Waals surface area contributed by atoms with Crippen LogP contribution in [0.15, 0.2) is 67.0 Å². The molecule has 0 bridgehead atoms. The van der Waals surface area contributed by atoms with E-state index in [0.717, 1.165) is 47.5 Å². The van der Waals surface area contributed by atoms with Crippen LogP contribution in [0.4, 0.5) is 16.3 Å². The predicted molar refractivity (Wildman–Crippen MR) is 157 cm³/mol. The summed E-state index contributed by atoms with van der Waals surface area (Å²) in [6.07, 6.45) is 5.86. The minimum Gasteiger partial charge on any atom is -0.339 e. The number of H-pyrrole nitrogens is 1. The molecule has 2 aromatic carbocycles. The predicted octanol–water partition coefficient (Wildman–Crippen LogP) is 5.94. The van der Waals surface area contributed by atoms with Crippen molar-refractivity contribution in [1.82, 2.24) is 24.9 Å². The second-order valence-electron chi connectivity index (χ2n) is 11.6. The standard InChI is InChI=1S/C31H37N7O2/c1-21-9-11-25(12-10-21)38-28(18-27(36-38)31(2,3)4)35-30(40)34-26-8-6-5-7-23(26)17-22-13-15-37(16-14-22)29(39)24-19-32-33-20-24/h5-12,18-20,22H,13-17H2,1-4H3,(H,32,33)(H2,34,35,40). The Morgan fingerprint density at radius 2 is 1.75 bits per heavy atom. The number of para-hydroxylation sites is 1. The van der Waals surface area contributed by atoms with Gasteiger partial charge in [0.05, 0.1) is 23.1 Å². The SMILES string of the molecule is Cc1ccc(-n2nc(C(C)(C)C)cc2NC(=O)Nc2ccccc2CC2CCN(C(=O)c3cn[nH]c3)CC2)cc1. The molecule has 0 aliphatic carbocycles. The number of piperidine rings is 1. The molecule has 0 atom stereocenters. The molecule has 5 rings (SSSR count). The molecule has 4 aromatic rings. The lowest BCUT2D eigenvalue weighted by molar-refractivity contribution is 0.0690. The number of aromatic amines is 1. The largest absolute Gasteiger partial charge is 0.339 e. The summed E-state index contributed by atoms with van der Waals surface area (Å²) in [5.74, 6) is 1.06. The van der Waals surface area contributed by atoms with Gasteiger partial charge in [-0.3, -0.25) is 15.2 Å². The third-order valence-corrected chi connectivity index (χ3v) is 7.42. The molecule has 9 heteroatoms. The van der Waals surface area contributed by atoms with Crippen LogP contribution in [0.2, 0.25) is 0 Å². The Bertz CT molecular complexity index is 1460. The Balaban J connectivity index is 1.25. The Morgan fingerprint density at radius 3 is 2.42 bits per heavy atom. The molecule has 3 amide bonds. The Labute approximate surface area is 235 Å². The van der Waals surface area contributed by atoms with E-state index in [4.69, 9.17) is 5.10 Å². The summed E-state index contributed by atoms with van der Waals surface area (Å²) < 4.78 is 1.78. The fraction of sp³-hybridized carbons (Fsp3) is 0.355. The number of likely N-dealkylation sites (tertiary alicyclic amines) is 1. The highest BCUT2D eigenvalue weighted by Gasteiger charge is 2.25. The van der Waals surface area contributed by atoms with Gasteiger partial charge in [0.2, 0.25) is 0 Å². The highest BCUT2D eigenvalue weighted by Crippen LogP contribution is 2.28. The lowest BCUT2D eigenvalue weighted by Crippen LogP contribution is -2.38. The maximum Gasteiger partial charge on any atom is 0.324 e. The van der Waals surface area contributed by atoms with Crippen molar-refractivity contribution in [2.75, 3.05) is 23.7 Å². The van der Waals surface area contributed by atoms with Gasteiger partial charge in [-0.1, -0.05) is 56.7 Å². The van der Waals surface area contributed by atoms with Crippen LogP contribution in [-0.2, 0) is 11.8 Å². The summed E-state index contributed by atoms with van der Waals surface area (Å²) in [7, 11) is 0. The van der Waals surface area contributed by atoms with Gasteiger partial charge < -0.3 is 10.2 Å². The number of urea groups is 1. The summed E-state index contributed by atoms with van der Waals surface area (Å²) in [4.78, 5) is 27.8. The fourth-order valence-corrected chi connectivity index (χ4v) is 5.01. The first kappa shape index (κ1) is 27.2. The topological polar surface area (TPSA) is 108 Å². The van der Waals surface area contributed by atoms with Crippen LogP contribution in [0.25, 0.3) is 5.69 Å². The van der Waals surface area contributed by atoms with Crippen molar-refractivity contribution in [1.29, 1.82) is 0 Å². The average Bonchev–Trinajstić information content (AvgIpc) is 3.61. The van der Waals surface area contributed by atoms with Crippen LogP contribution in [0.5, 0.6) is 0 Å². The van der Waals surface area contributed by atoms with Crippen molar-refractivity contribution >= 4 is 23.4 Å². The number of anilines is 2. The zero-order valence-electron chi connectivity index (χ0n) is 23.6. The molecule has 0 spiro atoms. The van der Waals surface area contributed by atoms with E-state index in [1.165, 1.54) is 0 Å². The number of nitrogens with one attached hydrogen (secondary N) is 3. The third kappa shape index (κ3) is 6.25. The van der Waals surface area contributed by atoms with Gasteiger partial charge in [0.15, 0.2) is 0 Å². The third-order valence-electron chi connectivity index (χ3n) is 7.42. The molecule has 1 aliphatic rings. The zero-order valence-corrected chi connectivity index (χ0v) is 23.6. The second-order valence-corrected chi connectivity index (χ2v) is 11.6. The monoisotopic (exact) mass is 539 g/mol. The maximum atomic E-state index is 13.2. The van der Waals surface area contributed by atoms with E-state index in [1.54, 1.807) is 17.1 Å². The Kier molecular flexibility index (Phi) is 7.73. The van der Waals surface area contributed by atoms with E-state index in [9.17, 15) is 9.59 Å². The second kappa shape index (κ2) is 11.4. The molecule has 1 fully saturated rings. The molecule has 2 aromatic heterocycles. The number of rotatable bonds is 6. The van der Waals surface area contributed by atoms with Crippen LogP contribution in [0.3, 0.4) is 0 Å². The molecule has 40 heavy (non-hydrogen) atoms. The van der Waals surface area contributed by atoms with Crippen molar-refractivity contribution in [3.05, 3.63) is 89.4 Å². The number of amides is 3. The summed E-state index contributed by atoms with van der Waals surface area (Å²) in [6.45, 7) is 9.78. The van der Waals surface area contributed by atoms with Gasteiger partial charge in [-0.25, -0.2) is 9.48 Å². The zero-order chi connectivity index (χ0) is 28.3. The molecule has 0 saturated carbocycles. The minimum atomic E-state index is -0.318. The van der Waals surface area contributed by atoms with Gasteiger partial charge in [0.25, 0.3) is 5.91 Å². The molecule has 0 radical (unpaired) electrons. The highest BCUT2D eigenvalue weighted by molar-refractivity contribution is 6.00. The van der Waals surface area contributed by atoms with Crippen molar-refractivity contribution in [3.63, 3.8) is 0 Å². The van der Waals surface area contributed by atoms with Crippen LogP contribution in [0.1, 0.15) is 60.8 Å². The van der Waals surface area contributed by atoms with Crippen molar-refractivity contribution in [3.8, 4) is 5.69 Å². The van der Waals surface area contributed by atoms with Crippen molar-refractivity contribution < 1.29 is 9.59 Å². The summed E-state index contributed by atoms with van der Waals surface area (Å²) in [6, 6.07) is 17.6. The summed E-state index contributed by atoms with van der Waals surface area (Å²) in [5.41, 5.74) is 5.22. The first-order valence-corrected chi connectivity index (χ1v) is 13.8. The van der Waals surface area contributed by atoms with Crippen LogP contribution >= 0.6 is 0 Å². The molecule has 3 heterocycles. The number of carbonyl (C=O) groups excluding carboxylic acids is 2. The van der Waals surface area contributed by atoms with E-state index in [2.05, 4.69) is 47.7 Å². The van der Waals surface area contributed by atoms with E-state index in [0.29, 0.717) is 30.4 Å². The number of hydrogen-bond acceptors (Lipinski definition) is 4. The first-order chi connectivity index (χ1) is 19.2. The molecule has 3 N–H and O–H groups in total. The fourth-order valence-electron chi connectivity index (χ4n) is 5.01. The van der Waals surface area contributed by atoms with E-state index >= 15 is 0 Å². The molecular formula is C31H37N7O2. The number of nitrogens with zero attached hydrogens (tertiary/aromatic N) is 4. The molecule has 1 aliphatic heterocycles. The minimum absolute atomic E-state index is 0.0189. The lowest BCUT2D eigenvalue weighted by atomic mass is 9.89. The summed E-state index contributed by atoms with van der Waals surface area (Å²) in [5, 5.41) is 17.5. The molecule has 9 nitrogen and oxygen atoms in total. The van der Waals surface area contributed by atoms with E-state index in [-0.39, 0.29) is 17.4 Å². The summed E-state index contributed by atoms with van der Waals surface area (Å²) >= 11 is 0. The normalized spacial score (nSPS) is 14.2. The van der Waals surface area contributed by atoms with E-state index < -0.39 is 0 Å². The van der Waals surface area contributed by atoms with Gasteiger partial charge in [-0.05, 0) is 55.9 Å². The number of aryl methyl sites for hydroxylation is 1. The number of benzene rings is 2. The molecule has 0 unspecified atom stereocenters. The number of aromatic nitrogens is 4. The smallest absolute Gasteiger partial charge is 0.324 e. The quantitative estimate of drug-likeness (QED) is 0.282. The van der Waals surface area contributed by atoms with Gasteiger partial charge >= 0.3 is 6.03 Å². The first-order valence-electron chi connectivity index (χ1n) is 13.8. The van der Waals surface area contributed by atoms with E-state index in [1.807, 2.05) is 60.4 Å². The number of carbonyl (C=O) groups is 2. The van der Waals surface area contributed by atoms with Crippen LogP contribution in [0, 0.1) is 12.8 Å². The van der Waals surface area contributed by atoms with Gasteiger partial charge in [0.1, 0.15) is 5.82 Å². The number of hydrogen-bond donors (Lipinski definition) is 3. The molecule has 1 saturated heterocycles. The van der Waals surface area contributed by atoms with Crippen LogP contribution < -0.4 is 10.6 Å².